The summed E-state index contributed by atoms with van der Waals surface area (Å²) >= 11 is 0. The molecular formula is C18H16FNO3. The Kier molecular flexibility index (Phi) is 4.37. The maximum absolute atomic E-state index is 12.8. The van der Waals surface area contributed by atoms with Gasteiger partial charge in [0.15, 0.2) is 12.4 Å². The van der Waals surface area contributed by atoms with Crippen molar-refractivity contribution in [1.82, 2.24) is 5.32 Å². The SMILES string of the molecule is O=C(COc1ccc2c(c1)CCC2=O)NCc1ccc(F)cc1. The molecule has 23 heavy (non-hydrogen) atoms. The molecule has 2 aromatic rings. The van der Waals surface area contributed by atoms with E-state index in [1.807, 2.05) is 6.07 Å². The molecule has 0 heterocycles. The highest BCUT2D eigenvalue weighted by molar-refractivity contribution is 6.00. The van der Waals surface area contributed by atoms with Gasteiger partial charge in [-0.05, 0) is 47.9 Å². The number of hydrogen-bond donors (Lipinski definition) is 1. The van der Waals surface area contributed by atoms with E-state index in [0.29, 0.717) is 18.7 Å². The van der Waals surface area contributed by atoms with E-state index in [2.05, 4.69) is 5.32 Å². The van der Waals surface area contributed by atoms with Crippen LogP contribution in [0.5, 0.6) is 5.75 Å². The van der Waals surface area contributed by atoms with Crippen molar-refractivity contribution in [2.45, 2.75) is 19.4 Å². The Morgan fingerprint density at radius 3 is 2.70 bits per heavy atom. The van der Waals surface area contributed by atoms with Crippen LogP contribution in [-0.4, -0.2) is 18.3 Å². The average molecular weight is 313 g/mol. The van der Waals surface area contributed by atoms with Crippen LogP contribution in [0.4, 0.5) is 4.39 Å². The van der Waals surface area contributed by atoms with Crippen LogP contribution in [0, 0.1) is 5.82 Å². The zero-order valence-corrected chi connectivity index (χ0v) is 12.5. The second-order valence-electron chi connectivity index (χ2n) is 5.43. The highest BCUT2D eigenvalue weighted by Crippen LogP contribution is 2.26. The number of amides is 1. The number of fused-ring (bicyclic) bond motifs is 1. The predicted molar refractivity (Wildman–Crippen MR) is 82.8 cm³/mol. The molecule has 1 N–H and O–H groups in total. The number of halogens is 1. The predicted octanol–water partition coefficient (Wildman–Crippen LogP) is 2.65. The third kappa shape index (κ3) is 3.74. The fourth-order valence-corrected chi connectivity index (χ4v) is 2.52. The summed E-state index contributed by atoms with van der Waals surface area (Å²) in [6.07, 6.45) is 1.26. The van der Waals surface area contributed by atoms with E-state index in [1.165, 1.54) is 12.1 Å². The molecule has 1 aliphatic rings. The Morgan fingerprint density at radius 1 is 1.13 bits per heavy atom. The van der Waals surface area contributed by atoms with E-state index in [4.69, 9.17) is 4.74 Å². The highest BCUT2D eigenvalue weighted by atomic mass is 19.1. The normalized spacial score (nSPS) is 12.8. The minimum absolute atomic E-state index is 0.103. The number of aryl methyl sites for hydroxylation is 1. The lowest BCUT2D eigenvalue weighted by molar-refractivity contribution is -0.123. The molecule has 0 aromatic heterocycles. The van der Waals surface area contributed by atoms with Crippen LogP contribution < -0.4 is 10.1 Å². The molecule has 118 valence electrons. The van der Waals surface area contributed by atoms with Gasteiger partial charge in [0.1, 0.15) is 11.6 Å². The molecule has 0 radical (unpaired) electrons. The average Bonchev–Trinajstić information content (AvgIpc) is 2.93. The smallest absolute Gasteiger partial charge is 0.258 e. The highest BCUT2D eigenvalue weighted by Gasteiger charge is 2.19. The summed E-state index contributed by atoms with van der Waals surface area (Å²) in [4.78, 5) is 23.3. The molecule has 0 saturated carbocycles. The Balaban J connectivity index is 1.49. The molecule has 2 aromatic carbocycles. The molecular weight excluding hydrogens is 297 g/mol. The fraction of sp³-hybridized carbons (Fsp3) is 0.222. The number of rotatable bonds is 5. The van der Waals surface area contributed by atoms with Crippen molar-refractivity contribution in [2.24, 2.45) is 0 Å². The van der Waals surface area contributed by atoms with Gasteiger partial charge in [-0.15, -0.1) is 0 Å². The zero-order chi connectivity index (χ0) is 16.2. The van der Waals surface area contributed by atoms with Crippen molar-refractivity contribution < 1.29 is 18.7 Å². The van der Waals surface area contributed by atoms with Crippen LogP contribution in [0.25, 0.3) is 0 Å². The number of ketones is 1. The molecule has 0 spiro atoms. The molecule has 3 rings (SSSR count). The summed E-state index contributed by atoms with van der Waals surface area (Å²) in [7, 11) is 0. The van der Waals surface area contributed by atoms with Gasteiger partial charge in [0.05, 0.1) is 0 Å². The zero-order valence-electron chi connectivity index (χ0n) is 12.5. The Labute approximate surface area is 133 Å². The standard InChI is InChI=1S/C18H16FNO3/c19-14-4-1-12(2-5-14)10-20-18(22)11-23-15-6-7-16-13(9-15)3-8-17(16)21/h1-2,4-7,9H,3,8,10-11H2,(H,20,22). The molecule has 0 saturated heterocycles. The first-order chi connectivity index (χ1) is 11.1. The van der Waals surface area contributed by atoms with E-state index >= 15 is 0 Å². The monoisotopic (exact) mass is 313 g/mol. The van der Waals surface area contributed by atoms with Crippen LogP contribution >= 0.6 is 0 Å². The summed E-state index contributed by atoms with van der Waals surface area (Å²) < 4.78 is 18.2. The number of ether oxygens (including phenoxy) is 1. The van der Waals surface area contributed by atoms with Crippen LogP contribution in [0.2, 0.25) is 0 Å². The quantitative estimate of drug-likeness (QED) is 0.923. The van der Waals surface area contributed by atoms with Gasteiger partial charge < -0.3 is 10.1 Å². The molecule has 0 atom stereocenters. The third-order valence-electron chi connectivity index (χ3n) is 3.77. The fourth-order valence-electron chi connectivity index (χ4n) is 2.52. The van der Waals surface area contributed by atoms with Crippen LogP contribution in [0.1, 0.15) is 27.9 Å². The van der Waals surface area contributed by atoms with Gasteiger partial charge in [-0.25, -0.2) is 4.39 Å². The van der Waals surface area contributed by atoms with E-state index in [-0.39, 0.29) is 24.1 Å². The second-order valence-corrected chi connectivity index (χ2v) is 5.43. The Morgan fingerprint density at radius 2 is 1.91 bits per heavy atom. The first-order valence-corrected chi connectivity index (χ1v) is 7.42. The largest absolute Gasteiger partial charge is 0.484 e. The van der Waals surface area contributed by atoms with Gasteiger partial charge in [-0.1, -0.05) is 12.1 Å². The van der Waals surface area contributed by atoms with Crippen molar-refractivity contribution in [3.05, 3.63) is 65.0 Å². The number of carbonyl (C=O) groups is 2. The van der Waals surface area contributed by atoms with Crippen LogP contribution in [0.3, 0.4) is 0 Å². The molecule has 5 heteroatoms. The minimum Gasteiger partial charge on any atom is -0.484 e. The Bertz CT molecular complexity index is 740. The topological polar surface area (TPSA) is 55.4 Å². The number of carbonyl (C=O) groups excluding carboxylic acids is 2. The maximum atomic E-state index is 12.8. The molecule has 0 fully saturated rings. The van der Waals surface area contributed by atoms with Crippen molar-refractivity contribution in [3.8, 4) is 5.75 Å². The van der Waals surface area contributed by atoms with Crippen molar-refractivity contribution in [1.29, 1.82) is 0 Å². The van der Waals surface area contributed by atoms with Gasteiger partial charge in [-0.2, -0.15) is 0 Å². The first kappa shape index (κ1) is 15.2. The van der Waals surface area contributed by atoms with Gasteiger partial charge in [0, 0.05) is 18.5 Å². The van der Waals surface area contributed by atoms with Crippen molar-refractivity contribution in [3.63, 3.8) is 0 Å². The van der Waals surface area contributed by atoms with E-state index in [0.717, 1.165) is 23.1 Å². The Hall–Kier alpha value is -2.69. The van der Waals surface area contributed by atoms with Gasteiger partial charge in [0.25, 0.3) is 5.91 Å². The van der Waals surface area contributed by atoms with E-state index in [1.54, 1.807) is 24.3 Å². The van der Waals surface area contributed by atoms with Crippen molar-refractivity contribution in [2.75, 3.05) is 6.61 Å². The lowest BCUT2D eigenvalue weighted by atomic mass is 10.1. The number of benzene rings is 2. The summed E-state index contributed by atoms with van der Waals surface area (Å²) in [6.45, 7) is 0.217. The number of nitrogens with one attached hydrogen (secondary N) is 1. The van der Waals surface area contributed by atoms with Crippen molar-refractivity contribution >= 4 is 11.7 Å². The van der Waals surface area contributed by atoms with Crippen LogP contribution in [0.15, 0.2) is 42.5 Å². The third-order valence-corrected chi connectivity index (χ3v) is 3.77. The van der Waals surface area contributed by atoms with Gasteiger partial charge >= 0.3 is 0 Å². The first-order valence-electron chi connectivity index (χ1n) is 7.42. The van der Waals surface area contributed by atoms with Gasteiger partial charge in [-0.3, -0.25) is 9.59 Å². The lowest BCUT2D eigenvalue weighted by Crippen LogP contribution is -2.28. The molecule has 0 unspecified atom stereocenters. The molecule has 4 nitrogen and oxygen atoms in total. The lowest BCUT2D eigenvalue weighted by Gasteiger charge is -2.09. The summed E-state index contributed by atoms with van der Waals surface area (Å²) in [5.41, 5.74) is 2.54. The maximum Gasteiger partial charge on any atom is 0.258 e. The second kappa shape index (κ2) is 6.60. The van der Waals surface area contributed by atoms with E-state index < -0.39 is 0 Å². The number of Topliss-reactive ketones (excluding diaryl/α,β-unsaturated/α-hetero) is 1. The van der Waals surface area contributed by atoms with E-state index in [9.17, 15) is 14.0 Å². The number of hydrogen-bond acceptors (Lipinski definition) is 3. The molecule has 0 bridgehead atoms. The summed E-state index contributed by atoms with van der Waals surface area (Å²) in [6, 6.07) is 11.2. The minimum atomic E-state index is -0.307. The summed E-state index contributed by atoms with van der Waals surface area (Å²) in [5.74, 6) is 0.170. The molecule has 1 amide bonds. The van der Waals surface area contributed by atoms with Crippen LogP contribution in [-0.2, 0) is 17.8 Å². The molecule has 0 aliphatic heterocycles. The molecule has 1 aliphatic carbocycles. The van der Waals surface area contributed by atoms with Gasteiger partial charge in [0.2, 0.25) is 0 Å². The summed E-state index contributed by atoms with van der Waals surface area (Å²) in [5, 5.41) is 2.71.